The second-order valence-corrected chi connectivity index (χ2v) is 4.70. The lowest BCUT2D eigenvalue weighted by Crippen LogP contribution is -2.23. The fourth-order valence-corrected chi connectivity index (χ4v) is 2.11. The summed E-state index contributed by atoms with van der Waals surface area (Å²) in [4.78, 5) is 0. The van der Waals surface area contributed by atoms with Crippen LogP contribution in [0, 0.1) is 5.82 Å². The molecule has 2 aromatic carbocycles. The topological polar surface area (TPSA) is 9.23 Å². The lowest BCUT2D eigenvalue weighted by Gasteiger charge is -2.21. The average Bonchev–Trinajstić information content (AvgIpc) is 2.45. The van der Waals surface area contributed by atoms with Crippen LogP contribution in [0.25, 0.3) is 0 Å². The molecule has 0 bridgehead atoms. The van der Waals surface area contributed by atoms with Gasteiger partial charge in [-0.1, -0.05) is 24.3 Å². The predicted octanol–water partition coefficient (Wildman–Crippen LogP) is 4.72. The van der Waals surface area contributed by atoms with Crippen LogP contribution in [-0.4, -0.2) is 13.3 Å². The van der Waals surface area contributed by atoms with Crippen molar-refractivity contribution in [3.05, 3.63) is 65.5 Å². The van der Waals surface area contributed by atoms with Gasteiger partial charge in [0.05, 0.1) is 13.0 Å². The molecule has 2 aromatic rings. The Kier molecular flexibility index (Phi) is 4.50. The fraction of sp³-hybridized carbons (Fsp3) is 0.250. The minimum absolute atomic E-state index is 0.0553. The summed E-state index contributed by atoms with van der Waals surface area (Å²) in [5.74, 6) is -1.63. The molecule has 0 amide bonds. The Hall–Kier alpha value is -2.04. The van der Waals surface area contributed by atoms with E-state index in [0.29, 0.717) is 11.3 Å². The summed E-state index contributed by atoms with van der Waals surface area (Å²) in [6, 6.07) is 10.9. The Morgan fingerprint density at radius 1 is 0.952 bits per heavy atom. The normalized spacial score (nSPS) is 13.0. The summed E-state index contributed by atoms with van der Waals surface area (Å²) < 4.78 is 57.5. The lowest BCUT2D eigenvalue weighted by atomic mass is 9.91. The zero-order chi connectivity index (χ0) is 15.5. The average molecular weight is 298 g/mol. The molecule has 0 aliphatic carbocycles. The van der Waals surface area contributed by atoms with Gasteiger partial charge in [-0.2, -0.15) is 13.2 Å². The van der Waals surface area contributed by atoms with Gasteiger partial charge in [-0.3, -0.25) is 0 Å². The monoisotopic (exact) mass is 298 g/mol. The number of halogens is 4. The Balaban J connectivity index is 2.26. The first-order chi connectivity index (χ1) is 9.90. The number of methoxy groups -OCH3 is 1. The van der Waals surface area contributed by atoms with Crippen molar-refractivity contribution in [3.63, 3.8) is 0 Å². The Morgan fingerprint density at radius 2 is 1.52 bits per heavy atom. The van der Waals surface area contributed by atoms with Gasteiger partial charge in [-0.15, -0.1) is 0 Å². The quantitative estimate of drug-likeness (QED) is 0.742. The molecule has 0 saturated carbocycles. The molecule has 0 spiro atoms. The maximum Gasteiger partial charge on any atom is 0.396 e. The molecule has 0 aliphatic heterocycles. The summed E-state index contributed by atoms with van der Waals surface area (Å²) in [6.45, 7) is 0. The van der Waals surface area contributed by atoms with Crippen LogP contribution >= 0.6 is 0 Å². The highest BCUT2D eigenvalue weighted by Crippen LogP contribution is 2.37. The van der Waals surface area contributed by atoms with Gasteiger partial charge >= 0.3 is 6.18 Å². The number of benzene rings is 2. The molecule has 0 aromatic heterocycles. The van der Waals surface area contributed by atoms with Crippen molar-refractivity contribution >= 4 is 0 Å². The maximum absolute atomic E-state index is 13.2. The van der Waals surface area contributed by atoms with Crippen molar-refractivity contribution in [1.82, 2.24) is 0 Å². The summed E-state index contributed by atoms with van der Waals surface area (Å²) in [6.07, 6.45) is -4.59. The van der Waals surface area contributed by atoms with E-state index >= 15 is 0 Å². The van der Waals surface area contributed by atoms with Gasteiger partial charge in [-0.05, 0) is 41.8 Å². The second-order valence-electron chi connectivity index (χ2n) is 4.70. The van der Waals surface area contributed by atoms with Crippen LogP contribution in [0.2, 0.25) is 0 Å². The van der Waals surface area contributed by atoms with E-state index in [2.05, 4.69) is 0 Å². The van der Waals surface area contributed by atoms with Gasteiger partial charge in [0.25, 0.3) is 0 Å². The molecule has 0 heterocycles. The van der Waals surface area contributed by atoms with Crippen molar-refractivity contribution < 1.29 is 22.3 Å². The highest BCUT2D eigenvalue weighted by molar-refractivity contribution is 5.30. The smallest absolute Gasteiger partial charge is 0.396 e. The Bertz CT molecular complexity index is 573. The third kappa shape index (κ3) is 3.97. The van der Waals surface area contributed by atoms with Crippen LogP contribution in [0.15, 0.2) is 48.5 Å². The minimum atomic E-state index is -4.39. The minimum Gasteiger partial charge on any atom is -0.497 e. The predicted molar refractivity (Wildman–Crippen MR) is 71.9 cm³/mol. The zero-order valence-electron chi connectivity index (χ0n) is 11.3. The van der Waals surface area contributed by atoms with Crippen molar-refractivity contribution in [2.24, 2.45) is 0 Å². The van der Waals surface area contributed by atoms with Gasteiger partial charge in [-0.25, -0.2) is 4.39 Å². The first-order valence-corrected chi connectivity index (χ1v) is 6.35. The molecular weight excluding hydrogens is 284 g/mol. The summed E-state index contributed by atoms with van der Waals surface area (Å²) >= 11 is 0. The van der Waals surface area contributed by atoms with E-state index < -0.39 is 17.9 Å². The number of rotatable bonds is 4. The van der Waals surface area contributed by atoms with Crippen molar-refractivity contribution in [2.75, 3.05) is 7.11 Å². The van der Waals surface area contributed by atoms with Crippen molar-refractivity contribution in [2.45, 2.75) is 18.5 Å². The molecule has 0 fully saturated rings. The molecule has 0 N–H and O–H groups in total. The Labute approximate surface area is 120 Å². The highest BCUT2D eigenvalue weighted by atomic mass is 19.4. The lowest BCUT2D eigenvalue weighted by molar-refractivity contribution is -0.150. The van der Waals surface area contributed by atoms with E-state index in [1.54, 1.807) is 24.3 Å². The van der Waals surface area contributed by atoms with Crippen LogP contribution in [0.5, 0.6) is 5.75 Å². The van der Waals surface area contributed by atoms with Crippen LogP contribution in [0.4, 0.5) is 17.6 Å². The van der Waals surface area contributed by atoms with Gasteiger partial charge in [0.15, 0.2) is 0 Å². The number of alkyl halides is 3. The van der Waals surface area contributed by atoms with Gasteiger partial charge in [0.2, 0.25) is 0 Å². The highest BCUT2D eigenvalue weighted by Gasteiger charge is 2.40. The fourth-order valence-electron chi connectivity index (χ4n) is 2.11. The van der Waals surface area contributed by atoms with Gasteiger partial charge in [0.1, 0.15) is 11.6 Å². The number of ether oxygens (including phenoxy) is 1. The molecule has 1 unspecified atom stereocenters. The maximum atomic E-state index is 13.2. The van der Waals surface area contributed by atoms with E-state index in [1.807, 2.05) is 0 Å². The van der Waals surface area contributed by atoms with Gasteiger partial charge in [0, 0.05) is 0 Å². The molecule has 1 nitrogen and oxygen atoms in total. The SMILES string of the molecule is COc1ccc(CC(c2ccc(F)cc2)C(F)(F)F)cc1. The largest absolute Gasteiger partial charge is 0.497 e. The van der Waals surface area contributed by atoms with E-state index in [0.717, 1.165) is 12.1 Å². The first kappa shape index (κ1) is 15.4. The molecule has 2 rings (SSSR count). The van der Waals surface area contributed by atoms with E-state index in [4.69, 9.17) is 4.74 Å². The summed E-state index contributed by atoms with van der Waals surface area (Å²) in [5, 5.41) is 0. The molecule has 5 heteroatoms. The molecule has 21 heavy (non-hydrogen) atoms. The summed E-state index contributed by atoms with van der Waals surface area (Å²) in [5.41, 5.74) is 0.599. The van der Waals surface area contributed by atoms with E-state index in [9.17, 15) is 17.6 Å². The molecule has 1 atom stereocenters. The van der Waals surface area contributed by atoms with Crippen LogP contribution < -0.4 is 4.74 Å². The molecule has 0 radical (unpaired) electrons. The van der Waals surface area contributed by atoms with Crippen LogP contribution in [0.3, 0.4) is 0 Å². The first-order valence-electron chi connectivity index (χ1n) is 6.35. The second kappa shape index (κ2) is 6.16. The van der Waals surface area contributed by atoms with Crippen LogP contribution in [-0.2, 0) is 6.42 Å². The third-order valence-electron chi connectivity index (χ3n) is 3.27. The van der Waals surface area contributed by atoms with Crippen molar-refractivity contribution in [1.29, 1.82) is 0 Å². The molecular formula is C16H14F4O. The standard InChI is InChI=1S/C16H14F4O/c1-21-14-8-2-11(3-9-14)10-15(16(18,19)20)12-4-6-13(17)7-5-12/h2-9,15H,10H2,1H3. The summed E-state index contributed by atoms with van der Waals surface area (Å²) in [7, 11) is 1.49. The number of hydrogen-bond acceptors (Lipinski definition) is 1. The Morgan fingerprint density at radius 3 is 2.00 bits per heavy atom. The van der Waals surface area contributed by atoms with E-state index in [1.165, 1.54) is 19.2 Å². The number of hydrogen-bond donors (Lipinski definition) is 0. The molecule has 0 aliphatic rings. The van der Waals surface area contributed by atoms with Gasteiger partial charge < -0.3 is 4.74 Å². The molecule has 112 valence electrons. The third-order valence-corrected chi connectivity index (χ3v) is 3.27. The van der Waals surface area contributed by atoms with E-state index in [-0.39, 0.29) is 12.0 Å². The molecule has 0 saturated heterocycles. The van der Waals surface area contributed by atoms with Crippen molar-refractivity contribution in [3.8, 4) is 5.75 Å². The van der Waals surface area contributed by atoms with Crippen LogP contribution in [0.1, 0.15) is 17.0 Å². The zero-order valence-corrected chi connectivity index (χ0v) is 11.3.